The van der Waals surface area contributed by atoms with Gasteiger partial charge in [0.05, 0.1) is 11.7 Å². The first-order valence-electron chi connectivity index (χ1n) is 7.78. The fourth-order valence-electron chi connectivity index (χ4n) is 3.13. The smallest absolute Gasteiger partial charge is 0.0644 e. The van der Waals surface area contributed by atoms with Crippen LogP contribution in [0.15, 0.2) is 28.2 Å². The molecule has 0 radical (unpaired) electrons. The first-order valence-corrected chi connectivity index (χ1v) is 9.45. The second-order valence-electron chi connectivity index (χ2n) is 5.67. The van der Waals surface area contributed by atoms with Crippen LogP contribution in [0.2, 0.25) is 0 Å². The molecule has 2 aromatic heterocycles. The Kier molecular flexibility index (Phi) is 5.14. The van der Waals surface area contributed by atoms with Crippen molar-refractivity contribution < 1.29 is 0 Å². The van der Waals surface area contributed by atoms with Crippen LogP contribution in [0.5, 0.6) is 0 Å². The summed E-state index contributed by atoms with van der Waals surface area (Å²) >= 11 is 5.46. The van der Waals surface area contributed by atoms with E-state index in [0.29, 0.717) is 12.1 Å². The van der Waals surface area contributed by atoms with E-state index < -0.39 is 0 Å². The van der Waals surface area contributed by atoms with Gasteiger partial charge in [0.2, 0.25) is 0 Å². The topological polar surface area (TPSA) is 29.9 Å². The van der Waals surface area contributed by atoms with Gasteiger partial charge in [-0.3, -0.25) is 4.68 Å². The quantitative estimate of drug-likeness (QED) is 0.800. The number of thiophene rings is 1. The minimum absolute atomic E-state index is 0.344. The molecule has 1 atom stereocenters. The summed E-state index contributed by atoms with van der Waals surface area (Å²) in [5.74, 6) is 0. The molecule has 2 aromatic rings. The van der Waals surface area contributed by atoms with Crippen LogP contribution in [0.1, 0.15) is 55.3 Å². The number of likely N-dealkylation sites (N-methyl/N-ethyl adjacent to an activating group) is 1. The summed E-state index contributed by atoms with van der Waals surface area (Å²) in [5.41, 5.74) is 1.19. The lowest BCUT2D eigenvalue weighted by Crippen LogP contribution is -2.22. The average Bonchev–Trinajstić information content (AvgIpc) is 3.18. The van der Waals surface area contributed by atoms with Gasteiger partial charge in [0.25, 0.3) is 0 Å². The SMILES string of the molecule is CCNC(Cc1ccn(C2CCCC2)n1)c1sccc1Br. The zero-order valence-corrected chi connectivity index (χ0v) is 14.8. The fraction of sp³-hybridized carbons (Fsp3) is 0.562. The Balaban J connectivity index is 1.72. The van der Waals surface area contributed by atoms with E-state index in [1.807, 2.05) is 0 Å². The molecule has 1 aliphatic carbocycles. The summed E-state index contributed by atoms with van der Waals surface area (Å²) < 4.78 is 3.39. The minimum atomic E-state index is 0.344. The van der Waals surface area contributed by atoms with E-state index in [1.165, 1.54) is 40.7 Å². The van der Waals surface area contributed by atoms with E-state index in [-0.39, 0.29) is 0 Å². The maximum absolute atomic E-state index is 4.82. The van der Waals surface area contributed by atoms with Gasteiger partial charge in [-0.15, -0.1) is 11.3 Å². The molecule has 1 aliphatic rings. The Morgan fingerprint density at radius 2 is 2.24 bits per heavy atom. The van der Waals surface area contributed by atoms with Crippen molar-refractivity contribution in [3.05, 3.63) is 38.8 Å². The summed E-state index contributed by atoms with van der Waals surface area (Å²) in [6.45, 7) is 3.13. The molecule has 1 N–H and O–H groups in total. The zero-order chi connectivity index (χ0) is 14.7. The van der Waals surface area contributed by atoms with Gasteiger partial charge in [-0.1, -0.05) is 19.8 Å². The fourth-order valence-corrected chi connectivity index (χ4v) is 4.85. The maximum Gasteiger partial charge on any atom is 0.0644 e. The standard InChI is InChI=1S/C16H22BrN3S/c1-2-18-15(16-14(17)8-10-21-16)11-12-7-9-20(19-12)13-5-3-4-6-13/h7-10,13,15,18H,2-6,11H2,1H3. The third-order valence-electron chi connectivity index (χ3n) is 4.19. The predicted octanol–water partition coefficient (Wildman–Crippen LogP) is 4.72. The van der Waals surface area contributed by atoms with Crippen LogP contribution in [0, 0.1) is 0 Å². The van der Waals surface area contributed by atoms with Gasteiger partial charge < -0.3 is 5.32 Å². The van der Waals surface area contributed by atoms with Crippen LogP contribution in [0.25, 0.3) is 0 Å². The van der Waals surface area contributed by atoms with Gasteiger partial charge in [-0.25, -0.2) is 0 Å². The molecule has 1 unspecified atom stereocenters. The third-order valence-corrected chi connectivity index (χ3v) is 6.17. The highest BCUT2D eigenvalue weighted by atomic mass is 79.9. The Morgan fingerprint density at radius 3 is 2.90 bits per heavy atom. The molecule has 0 bridgehead atoms. The highest BCUT2D eigenvalue weighted by Crippen LogP contribution is 2.32. The van der Waals surface area contributed by atoms with Crippen LogP contribution in [0.4, 0.5) is 0 Å². The molecule has 2 heterocycles. The Hall–Kier alpha value is -0.650. The highest BCUT2D eigenvalue weighted by Gasteiger charge is 2.20. The zero-order valence-electron chi connectivity index (χ0n) is 12.4. The molecule has 0 aromatic carbocycles. The van der Waals surface area contributed by atoms with Gasteiger partial charge in [0, 0.05) is 28.0 Å². The summed E-state index contributed by atoms with van der Waals surface area (Å²) in [5, 5.41) is 10.5. The highest BCUT2D eigenvalue weighted by molar-refractivity contribution is 9.10. The van der Waals surface area contributed by atoms with E-state index in [4.69, 9.17) is 5.10 Å². The second-order valence-corrected chi connectivity index (χ2v) is 7.47. The summed E-state index contributed by atoms with van der Waals surface area (Å²) in [6.07, 6.45) is 8.39. The van der Waals surface area contributed by atoms with Crippen LogP contribution in [-0.4, -0.2) is 16.3 Å². The lowest BCUT2D eigenvalue weighted by Gasteiger charge is -2.16. The molecule has 0 aliphatic heterocycles. The normalized spacial score (nSPS) is 17.4. The molecule has 5 heteroatoms. The molecule has 3 nitrogen and oxygen atoms in total. The maximum atomic E-state index is 4.82. The minimum Gasteiger partial charge on any atom is -0.309 e. The van der Waals surface area contributed by atoms with Crippen molar-refractivity contribution in [2.24, 2.45) is 0 Å². The van der Waals surface area contributed by atoms with E-state index in [2.05, 4.69) is 56.6 Å². The van der Waals surface area contributed by atoms with Crippen molar-refractivity contribution in [3.63, 3.8) is 0 Å². The van der Waals surface area contributed by atoms with Crippen LogP contribution < -0.4 is 5.32 Å². The van der Waals surface area contributed by atoms with Crippen molar-refractivity contribution >= 4 is 27.3 Å². The van der Waals surface area contributed by atoms with Gasteiger partial charge in [-0.2, -0.15) is 5.10 Å². The first kappa shape index (κ1) is 15.3. The number of nitrogens with one attached hydrogen (secondary N) is 1. The van der Waals surface area contributed by atoms with Gasteiger partial charge in [-0.05, 0) is 52.8 Å². The molecule has 3 rings (SSSR count). The largest absolute Gasteiger partial charge is 0.309 e. The summed E-state index contributed by atoms with van der Waals surface area (Å²) in [6, 6.07) is 5.28. The number of rotatable bonds is 6. The van der Waals surface area contributed by atoms with Crippen molar-refractivity contribution in [2.75, 3.05) is 6.54 Å². The Bertz CT molecular complexity index is 572. The third kappa shape index (κ3) is 3.58. The number of hydrogen-bond acceptors (Lipinski definition) is 3. The molecule has 0 saturated heterocycles. The predicted molar refractivity (Wildman–Crippen MR) is 91.9 cm³/mol. The first-order chi connectivity index (χ1) is 10.3. The van der Waals surface area contributed by atoms with Crippen molar-refractivity contribution in [1.82, 2.24) is 15.1 Å². The second kappa shape index (κ2) is 7.07. The molecular weight excluding hydrogens is 346 g/mol. The van der Waals surface area contributed by atoms with Crippen LogP contribution in [0.3, 0.4) is 0 Å². The molecule has 0 spiro atoms. The van der Waals surface area contributed by atoms with E-state index in [1.54, 1.807) is 11.3 Å². The number of halogens is 1. The van der Waals surface area contributed by atoms with Gasteiger partial charge in [0.15, 0.2) is 0 Å². The van der Waals surface area contributed by atoms with Gasteiger partial charge in [0.1, 0.15) is 0 Å². The van der Waals surface area contributed by atoms with Gasteiger partial charge >= 0.3 is 0 Å². The van der Waals surface area contributed by atoms with Crippen LogP contribution >= 0.6 is 27.3 Å². The number of hydrogen-bond donors (Lipinski definition) is 1. The summed E-state index contributed by atoms with van der Waals surface area (Å²) in [4.78, 5) is 1.37. The Morgan fingerprint density at radius 1 is 1.43 bits per heavy atom. The van der Waals surface area contributed by atoms with Crippen molar-refractivity contribution in [3.8, 4) is 0 Å². The summed E-state index contributed by atoms with van der Waals surface area (Å²) in [7, 11) is 0. The molecular formula is C16H22BrN3S. The Labute approximate surface area is 138 Å². The monoisotopic (exact) mass is 367 g/mol. The van der Waals surface area contributed by atoms with E-state index in [0.717, 1.165) is 13.0 Å². The molecule has 1 fully saturated rings. The van der Waals surface area contributed by atoms with Crippen molar-refractivity contribution in [1.29, 1.82) is 0 Å². The number of nitrogens with zero attached hydrogens (tertiary/aromatic N) is 2. The lowest BCUT2D eigenvalue weighted by atomic mass is 10.1. The lowest BCUT2D eigenvalue weighted by molar-refractivity contribution is 0.458. The van der Waals surface area contributed by atoms with E-state index >= 15 is 0 Å². The molecule has 21 heavy (non-hydrogen) atoms. The number of aromatic nitrogens is 2. The average molecular weight is 368 g/mol. The van der Waals surface area contributed by atoms with E-state index in [9.17, 15) is 0 Å². The molecule has 114 valence electrons. The molecule has 0 amide bonds. The molecule has 1 saturated carbocycles. The van der Waals surface area contributed by atoms with Crippen molar-refractivity contribution in [2.45, 2.75) is 51.1 Å². The van der Waals surface area contributed by atoms with Crippen LogP contribution in [-0.2, 0) is 6.42 Å².